The van der Waals surface area contributed by atoms with E-state index in [2.05, 4.69) is 15.8 Å². The topological polar surface area (TPSA) is 120 Å². The Morgan fingerprint density at radius 2 is 1.79 bits per heavy atom. The van der Waals surface area contributed by atoms with Crippen molar-refractivity contribution in [2.45, 2.75) is 32.9 Å². The van der Waals surface area contributed by atoms with Gasteiger partial charge in [0.25, 0.3) is 0 Å². The molecule has 0 unspecified atom stereocenters. The monoisotopic (exact) mass is 396 g/mol. The van der Waals surface area contributed by atoms with E-state index < -0.39 is 17.8 Å². The number of nitrogens with one attached hydrogen (secondary N) is 2. The number of carbonyl (C=O) groups is 3. The lowest BCUT2D eigenvalue weighted by atomic mass is 10.1. The summed E-state index contributed by atoms with van der Waals surface area (Å²) in [6.07, 6.45) is 2.09. The molecule has 2 rings (SSSR count). The van der Waals surface area contributed by atoms with Gasteiger partial charge < -0.3 is 20.0 Å². The lowest BCUT2D eigenvalue weighted by Crippen LogP contribution is -2.41. The van der Waals surface area contributed by atoms with E-state index in [0.717, 1.165) is 5.56 Å². The predicted octanol–water partition coefficient (Wildman–Crippen LogP) is 0.994. The largest absolute Gasteiger partial charge is 0.545 e. The maximum absolute atomic E-state index is 11.7. The van der Waals surface area contributed by atoms with Crippen molar-refractivity contribution in [3.63, 3.8) is 0 Å². The van der Waals surface area contributed by atoms with Crippen LogP contribution < -0.4 is 20.6 Å². The van der Waals surface area contributed by atoms with Crippen molar-refractivity contribution in [1.29, 1.82) is 0 Å². The molecule has 0 aliphatic rings. The minimum atomic E-state index is -1.24. The number of carboxylic acid groups (broad SMARTS) is 1. The molecule has 0 aliphatic heterocycles. The van der Waals surface area contributed by atoms with Gasteiger partial charge in [0.2, 0.25) is 0 Å². The summed E-state index contributed by atoms with van der Waals surface area (Å²) in [5.74, 6) is -2.33. The number of carboxylic acids is 1. The quantitative estimate of drug-likeness (QED) is 0.392. The summed E-state index contributed by atoms with van der Waals surface area (Å²) in [6.45, 7) is 3.91. The van der Waals surface area contributed by atoms with Crippen LogP contribution in [0.15, 0.2) is 53.6 Å². The number of carbonyl (C=O) groups excluding carboxylic acids is 3. The molecule has 0 heterocycles. The number of hydrazone groups is 1. The Hall–Kier alpha value is -3.68. The number of amides is 2. The molecule has 0 aliphatic carbocycles. The summed E-state index contributed by atoms with van der Waals surface area (Å²) in [6, 6.07) is 13.1. The van der Waals surface area contributed by atoms with Gasteiger partial charge in [0.1, 0.15) is 12.4 Å². The Bertz CT molecular complexity index is 893. The van der Waals surface area contributed by atoms with E-state index in [1.54, 1.807) is 43.3 Å². The Balaban J connectivity index is 1.95. The van der Waals surface area contributed by atoms with E-state index in [1.807, 2.05) is 6.92 Å². The summed E-state index contributed by atoms with van der Waals surface area (Å²) < 4.78 is 5.75. The predicted molar refractivity (Wildman–Crippen MR) is 105 cm³/mol. The number of nitrogens with zero attached hydrogens (tertiary/aromatic N) is 1. The van der Waals surface area contributed by atoms with Gasteiger partial charge in [-0.2, -0.15) is 5.10 Å². The summed E-state index contributed by atoms with van der Waals surface area (Å²) in [5.41, 5.74) is 3.64. The van der Waals surface area contributed by atoms with Crippen LogP contribution in [-0.2, 0) is 16.2 Å². The first kappa shape index (κ1) is 21.6. The summed E-state index contributed by atoms with van der Waals surface area (Å²) >= 11 is 0. The van der Waals surface area contributed by atoms with Crippen LogP contribution >= 0.6 is 0 Å². The standard InChI is InChI=1S/C21H23N3O5/c1-3-14(2)23-19(25)20(26)24-22-12-17-6-4-5-7-18(17)29-13-15-8-10-16(11-9-15)21(27)28/h4-12,14H,3,13H2,1-2H3,(H,23,25)(H,24,26)(H,27,28)/p-1/b22-12-/t14-/m0/s1. The van der Waals surface area contributed by atoms with E-state index >= 15 is 0 Å². The van der Waals surface area contributed by atoms with Gasteiger partial charge >= 0.3 is 11.8 Å². The molecule has 0 aromatic heterocycles. The normalized spacial score (nSPS) is 11.7. The van der Waals surface area contributed by atoms with Crippen molar-refractivity contribution in [2.75, 3.05) is 0 Å². The molecule has 1 atom stereocenters. The smallest absolute Gasteiger partial charge is 0.329 e. The molecule has 2 aromatic rings. The SMILES string of the molecule is CC[C@H](C)NC(=O)C(=O)N/N=C\c1ccccc1OCc1ccc(C(=O)[O-])cc1. The fourth-order valence-electron chi connectivity index (χ4n) is 2.22. The molecular formula is C21H22N3O5-. The van der Waals surface area contributed by atoms with Gasteiger partial charge in [-0.05, 0) is 36.6 Å². The average molecular weight is 396 g/mol. The molecule has 152 valence electrons. The van der Waals surface area contributed by atoms with Crippen LogP contribution in [0.2, 0.25) is 0 Å². The highest BCUT2D eigenvalue weighted by molar-refractivity contribution is 6.35. The van der Waals surface area contributed by atoms with Crippen molar-refractivity contribution in [1.82, 2.24) is 10.7 Å². The van der Waals surface area contributed by atoms with Gasteiger partial charge in [-0.3, -0.25) is 9.59 Å². The van der Waals surface area contributed by atoms with Crippen LogP contribution in [0.25, 0.3) is 0 Å². The van der Waals surface area contributed by atoms with Crippen molar-refractivity contribution < 1.29 is 24.2 Å². The molecule has 2 amide bonds. The number of ether oxygens (including phenoxy) is 1. The van der Waals surface area contributed by atoms with Gasteiger partial charge in [0.05, 0.1) is 12.2 Å². The number of hydrogen-bond acceptors (Lipinski definition) is 6. The first-order chi connectivity index (χ1) is 13.9. The average Bonchev–Trinajstić information content (AvgIpc) is 2.73. The van der Waals surface area contributed by atoms with Crippen molar-refractivity contribution in [3.8, 4) is 5.75 Å². The van der Waals surface area contributed by atoms with Crippen LogP contribution in [0.4, 0.5) is 0 Å². The first-order valence-corrected chi connectivity index (χ1v) is 9.06. The summed E-state index contributed by atoms with van der Waals surface area (Å²) in [7, 11) is 0. The molecular weight excluding hydrogens is 374 g/mol. The van der Waals surface area contributed by atoms with Gasteiger partial charge in [-0.1, -0.05) is 43.3 Å². The molecule has 0 bridgehead atoms. The Morgan fingerprint density at radius 3 is 2.45 bits per heavy atom. The highest BCUT2D eigenvalue weighted by atomic mass is 16.5. The highest BCUT2D eigenvalue weighted by Crippen LogP contribution is 2.17. The van der Waals surface area contributed by atoms with Crippen LogP contribution in [0.3, 0.4) is 0 Å². The molecule has 0 fully saturated rings. The zero-order chi connectivity index (χ0) is 21.2. The number of benzene rings is 2. The Labute approximate surface area is 168 Å². The molecule has 0 spiro atoms. The summed E-state index contributed by atoms with van der Waals surface area (Å²) in [4.78, 5) is 34.2. The number of rotatable bonds is 8. The van der Waals surface area contributed by atoms with Crippen molar-refractivity contribution in [2.24, 2.45) is 5.10 Å². The third kappa shape index (κ3) is 6.76. The maximum Gasteiger partial charge on any atom is 0.329 e. The molecule has 0 saturated heterocycles. The first-order valence-electron chi connectivity index (χ1n) is 9.06. The number of aromatic carboxylic acids is 1. The van der Waals surface area contributed by atoms with Crippen LogP contribution in [0.5, 0.6) is 5.75 Å². The van der Waals surface area contributed by atoms with Gasteiger partial charge in [-0.25, -0.2) is 5.43 Å². The molecule has 2 N–H and O–H groups in total. The maximum atomic E-state index is 11.7. The molecule has 0 saturated carbocycles. The van der Waals surface area contributed by atoms with E-state index in [-0.39, 0.29) is 18.2 Å². The van der Waals surface area contributed by atoms with E-state index in [1.165, 1.54) is 18.3 Å². The Morgan fingerprint density at radius 1 is 1.10 bits per heavy atom. The molecule has 2 aromatic carbocycles. The highest BCUT2D eigenvalue weighted by Gasteiger charge is 2.14. The van der Waals surface area contributed by atoms with Crippen LogP contribution in [-0.4, -0.2) is 30.0 Å². The van der Waals surface area contributed by atoms with Gasteiger partial charge in [-0.15, -0.1) is 0 Å². The minimum absolute atomic E-state index is 0.0920. The fraction of sp³-hybridized carbons (Fsp3) is 0.238. The van der Waals surface area contributed by atoms with Gasteiger partial charge in [0.15, 0.2) is 0 Å². The molecule has 29 heavy (non-hydrogen) atoms. The molecule has 8 nitrogen and oxygen atoms in total. The number of hydrogen-bond donors (Lipinski definition) is 2. The zero-order valence-electron chi connectivity index (χ0n) is 16.2. The van der Waals surface area contributed by atoms with E-state index in [4.69, 9.17) is 4.74 Å². The Kier molecular flexibility index (Phi) is 7.90. The third-order valence-electron chi connectivity index (χ3n) is 4.07. The third-order valence-corrected chi connectivity index (χ3v) is 4.07. The molecule has 0 radical (unpaired) electrons. The van der Waals surface area contributed by atoms with E-state index in [0.29, 0.717) is 17.7 Å². The second kappa shape index (κ2) is 10.6. The lowest BCUT2D eigenvalue weighted by Gasteiger charge is -2.10. The zero-order valence-corrected chi connectivity index (χ0v) is 16.2. The van der Waals surface area contributed by atoms with Gasteiger partial charge in [0, 0.05) is 11.6 Å². The lowest BCUT2D eigenvalue weighted by molar-refractivity contribution is -0.255. The number of para-hydroxylation sites is 1. The second-order valence-corrected chi connectivity index (χ2v) is 6.29. The summed E-state index contributed by atoms with van der Waals surface area (Å²) in [5, 5.41) is 17.1. The van der Waals surface area contributed by atoms with Crippen molar-refractivity contribution in [3.05, 3.63) is 65.2 Å². The minimum Gasteiger partial charge on any atom is -0.545 e. The van der Waals surface area contributed by atoms with Crippen molar-refractivity contribution >= 4 is 24.0 Å². The molecule has 8 heteroatoms. The van der Waals surface area contributed by atoms with Crippen LogP contribution in [0.1, 0.15) is 41.8 Å². The van der Waals surface area contributed by atoms with E-state index in [9.17, 15) is 19.5 Å². The van der Waals surface area contributed by atoms with Crippen LogP contribution in [0, 0.1) is 0 Å². The fourth-order valence-corrected chi connectivity index (χ4v) is 2.22. The second-order valence-electron chi connectivity index (χ2n) is 6.29.